The molecule has 0 radical (unpaired) electrons. The predicted molar refractivity (Wildman–Crippen MR) is 103 cm³/mol. The summed E-state index contributed by atoms with van der Waals surface area (Å²) in [6.07, 6.45) is 0. The van der Waals surface area contributed by atoms with Crippen LogP contribution in [0, 0.1) is 6.92 Å². The van der Waals surface area contributed by atoms with Crippen LogP contribution in [0.5, 0.6) is 5.75 Å². The van der Waals surface area contributed by atoms with Gasteiger partial charge in [-0.15, -0.1) is 11.3 Å². The highest BCUT2D eigenvalue weighted by molar-refractivity contribution is 7.13. The Kier molecular flexibility index (Phi) is 5.43. The number of aryl methyl sites for hydroxylation is 1. The summed E-state index contributed by atoms with van der Waals surface area (Å²) in [5.74, 6) is 0.340. The van der Waals surface area contributed by atoms with Crippen LogP contribution in [0.4, 0.5) is 5.69 Å². The number of anilines is 1. The van der Waals surface area contributed by atoms with Gasteiger partial charge in [-0.3, -0.25) is 9.59 Å². The summed E-state index contributed by atoms with van der Waals surface area (Å²) in [5, 5.41) is 5.70. The maximum absolute atomic E-state index is 12.0. The maximum atomic E-state index is 12.0. The molecule has 132 valence electrons. The van der Waals surface area contributed by atoms with Crippen LogP contribution in [0.15, 0.2) is 53.9 Å². The second-order valence-corrected chi connectivity index (χ2v) is 6.65. The lowest BCUT2D eigenvalue weighted by Crippen LogP contribution is -2.20. The standard InChI is InChI=1S/C20H18N2O3S/c1-13-12-26-20(21-13)16-5-9-18(10-6-16)25-11-19(24)22-17-7-3-15(4-8-17)14(2)23/h3-10,12H,11H2,1-2H3,(H,22,24). The van der Waals surface area contributed by atoms with Crippen molar-refractivity contribution in [2.45, 2.75) is 13.8 Å². The molecule has 26 heavy (non-hydrogen) atoms. The lowest BCUT2D eigenvalue weighted by molar-refractivity contribution is -0.118. The molecule has 1 amide bonds. The first-order chi connectivity index (χ1) is 12.5. The molecule has 1 heterocycles. The van der Waals surface area contributed by atoms with Gasteiger partial charge in [0.05, 0.1) is 0 Å². The summed E-state index contributed by atoms with van der Waals surface area (Å²) in [6, 6.07) is 14.2. The minimum atomic E-state index is -0.264. The molecule has 1 aromatic heterocycles. The molecule has 0 saturated carbocycles. The Balaban J connectivity index is 1.53. The zero-order valence-corrected chi connectivity index (χ0v) is 15.3. The van der Waals surface area contributed by atoms with Crippen LogP contribution >= 0.6 is 11.3 Å². The Bertz CT molecular complexity index is 915. The zero-order chi connectivity index (χ0) is 18.5. The normalized spacial score (nSPS) is 10.4. The molecule has 6 heteroatoms. The highest BCUT2D eigenvalue weighted by Crippen LogP contribution is 2.25. The summed E-state index contributed by atoms with van der Waals surface area (Å²) in [4.78, 5) is 27.7. The van der Waals surface area contributed by atoms with Crippen molar-refractivity contribution in [2.75, 3.05) is 11.9 Å². The van der Waals surface area contributed by atoms with Gasteiger partial charge >= 0.3 is 0 Å². The summed E-state index contributed by atoms with van der Waals surface area (Å²) < 4.78 is 5.51. The number of ketones is 1. The van der Waals surface area contributed by atoms with Crippen molar-refractivity contribution in [1.82, 2.24) is 4.98 Å². The van der Waals surface area contributed by atoms with Crippen LogP contribution in [0.25, 0.3) is 10.6 Å². The average molecular weight is 366 g/mol. The van der Waals surface area contributed by atoms with E-state index in [1.807, 2.05) is 36.6 Å². The van der Waals surface area contributed by atoms with Gasteiger partial charge in [-0.1, -0.05) is 0 Å². The Labute approximate surface area is 155 Å². The summed E-state index contributed by atoms with van der Waals surface area (Å²) in [7, 11) is 0. The average Bonchev–Trinajstić information content (AvgIpc) is 3.07. The Morgan fingerprint density at radius 3 is 2.35 bits per heavy atom. The van der Waals surface area contributed by atoms with E-state index in [4.69, 9.17) is 4.74 Å². The number of benzene rings is 2. The Morgan fingerprint density at radius 1 is 1.08 bits per heavy atom. The van der Waals surface area contributed by atoms with Crippen LogP contribution in [0.2, 0.25) is 0 Å². The zero-order valence-electron chi connectivity index (χ0n) is 14.5. The van der Waals surface area contributed by atoms with Crippen molar-refractivity contribution < 1.29 is 14.3 Å². The third-order valence-electron chi connectivity index (χ3n) is 3.67. The lowest BCUT2D eigenvalue weighted by atomic mass is 10.1. The third-order valence-corrected chi connectivity index (χ3v) is 4.67. The molecule has 0 unspecified atom stereocenters. The minimum Gasteiger partial charge on any atom is -0.484 e. The Morgan fingerprint density at radius 2 is 1.77 bits per heavy atom. The number of nitrogens with one attached hydrogen (secondary N) is 1. The molecule has 0 aliphatic rings. The highest BCUT2D eigenvalue weighted by Gasteiger charge is 2.06. The van der Waals surface area contributed by atoms with Gasteiger partial charge < -0.3 is 10.1 Å². The van der Waals surface area contributed by atoms with Crippen LogP contribution in [-0.4, -0.2) is 23.3 Å². The summed E-state index contributed by atoms with van der Waals surface area (Å²) in [6.45, 7) is 3.37. The van der Waals surface area contributed by atoms with Gasteiger partial charge in [0.1, 0.15) is 10.8 Å². The molecule has 0 bridgehead atoms. The number of carbonyl (C=O) groups excluding carboxylic acids is 2. The van der Waals surface area contributed by atoms with E-state index in [0.717, 1.165) is 16.3 Å². The number of thiazole rings is 1. The van der Waals surface area contributed by atoms with Crippen LogP contribution in [0.3, 0.4) is 0 Å². The van der Waals surface area contributed by atoms with Gasteiger partial charge in [0.25, 0.3) is 5.91 Å². The van der Waals surface area contributed by atoms with Crippen LogP contribution in [-0.2, 0) is 4.79 Å². The number of rotatable bonds is 6. The second-order valence-electron chi connectivity index (χ2n) is 5.79. The van der Waals surface area contributed by atoms with E-state index in [-0.39, 0.29) is 18.3 Å². The summed E-state index contributed by atoms with van der Waals surface area (Å²) in [5.41, 5.74) is 3.25. The van der Waals surface area contributed by atoms with E-state index in [1.165, 1.54) is 6.92 Å². The highest BCUT2D eigenvalue weighted by atomic mass is 32.1. The van der Waals surface area contributed by atoms with E-state index in [9.17, 15) is 9.59 Å². The van der Waals surface area contributed by atoms with Crippen molar-refractivity contribution in [3.05, 3.63) is 65.2 Å². The number of aromatic nitrogens is 1. The number of ether oxygens (including phenoxy) is 1. The van der Waals surface area contributed by atoms with Crippen molar-refractivity contribution >= 4 is 28.7 Å². The fourth-order valence-electron chi connectivity index (χ4n) is 2.31. The molecule has 0 aliphatic heterocycles. The molecule has 0 aliphatic carbocycles. The van der Waals surface area contributed by atoms with Crippen molar-refractivity contribution in [1.29, 1.82) is 0 Å². The van der Waals surface area contributed by atoms with Gasteiger partial charge in [0, 0.05) is 27.9 Å². The van der Waals surface area contributed by atoms with Gasteiger partial charge in [0.15, 0.2) is 12.4 Å². The van der Waals surface area contributed by atoms with E-state index in [1.54, 1.807) is 35.6 Å². The van der Waals surface area contributed by atoms with Crippen molar-refractivity contribution in [3.8, 4) is 16.3 Å². The molecule has 3 aromatic rings. The fourth-order valence-corrected chi connectivity index (χ4v) is 3.12. The molecule has 5 nitrogen and oxygen atoms in total. The van der Waals surface area contributed by atoms with Crippen molar-refractivity contribution in [3.63, 3.8) is 0 Å². The Hall–Kier alpha value is -2.99. The first kappa shape index (κ1) is 17.8. The smallest absolute Gasteiger partial charge is 0.262 e. The first-order valence-corrected chi connectivity index (χ1v) is 8.95. The second kappa shape index (κ2) is 7.93. The van der Waals surface area contributed by atoms with E-state index >= 15 is 0 Å². The van der Waals surface area contributed by atoms with Gasteiger partial charge in [0.2, 0.25) is 0 Å². The largest absolute Gasteiger partial charge is 0.484 e. The van der Waals surface area contributed by atoms with Crippen molar-refractivity contribution in [2.24, 2.45) is 0 Å². The molecule has 0 atom stereocenters. The monoisotopic (exact) mass is 366 g/mol. The molecule has 0 saturated heterocycles. The minimum absolute atomic E-state index is 0.0115. The third kappa shape index (κ3) is 4.55. The van der Waals surface area contributed by atoms with E-state index < -0.39 is 0 Å². The molecule has 3 rings (SSSR count). The van der Waals surface area contributed by atoms with Gasteiger partial charge in [-0.05, 0) is 62.4 Å². The molecular weight excluding hydrogens is 348 g/mol. The van der Waals surface area contributed by atoms with E-state index in [2.05, 4.69) is 10.3 Å². The molecule has 1 N–H and O–H groups in total. The fraction of sp³-hybridized carbons (Fsp3) is 0.150. The van der Waals surface area contributed by atoms with Gasteiger partial charge in [-0.25, -0.2) is 4.98 Å². The quantitative estimate of drug-likeness (QED) is 0.659. The first-order valence-electron chi connectivity index (χ1n) is 8.07. The summed E-state index contributed by atoms with van der Waals surface area (Å²) >= 11 is 1.59. The lowest BCUT2D eigenvalue weighted by Gasteiger charge is -2.08. The number of Topliss-reactive ketones (excluding diaryl/α,β-unsaturated/α-hetero) is 1. The molecule has 0 spiro atoms. The predicted octanol–water partition coefficient (Wildman–Crippen LogP) is 4.34. The topological polar surface area (TPSA) is 68.3 Å². The number of amides is 1. The maximum Gasteiger partial charge on any atom is 0.262 e. The number of hydrogen-bond donors (Lipinski definition) is 1. The molecule has 2 aromatic carbocycles. The van der Waals surface area contributed by atoms with E-state index in [0.29, 0.717) is 17.0 Å². The van der Waals surface area contributed by atoms with Gasteiger partial charge in [-0.2, -0.15) is 0 Å². The number of nitrogens with zero attached hydrogens (tertiary/aromatic N) is 1. The van der Waals surface area contributed by atoms with Crippen LogP contribution in [0.1, 0.15) is 23.0 Å². The molecular formula is C20H18N2O3S. The number of carbonyl (C=O) groups is 2. The van der Waals surface area contributed by atoms with Crippen LogP contribution < -0.4 is 10.1 Å². The SMILES string of the molecule is CC(=O)c1ccc(NC(=O)COc2ccc(-c3nc(C)cs3)cc2)cc1. The number of hydrogen-bond acceptors (Lipinski definition) is 5. The molecule has 0 fully saturated rings.